The maximum Gasteiger partial charge on any atom is 0.188 e. The summed E-state index contributed by atoms with van der Waals surface area (Å²) in [6, 6.07) is 12.0. The number of benzene rings is 2. The Morgan fingerprint density at radius 3 is 2.82 bits per heavy atom. The van der Waals surface area contributed by atoms with Crippen molar-refractivity contribution in [3.63, 3.8) is 0 Å². The van der Waals surface area contributed by atoms with Crippen molar-refractivity contribution in [3.05, 3.63) is 42.0 Å². The van der Waals surface area contributed by atoms with E-state index in [-0.39, 0.29) is 6.79 Å². The first-order chi connectivity index (χ1) is 8.35. The van der Waals surface area contributed by atoms with Crippen LogP contribution >= 0.6 is 0 Å². The van der Waals surface area contributed by atoms with Crippen molar-refractivity contribution in [2.75, 3.05) is 13.9 Å². The van der Waals surface area contributed by atoms with Crippen LogP contribution in [0.5, 0.6) is 5.75 Å². The maximum absolute atomic E-state index is 5.44. The molecule has 0 fully saturated rings. The summed E-state index contributed by atoms with van der Waals surface area (Å²) in [6.45, 7) is 0.235. The number of fused-ring (bicyclic) bond motifs is 1. The van der Waals surface area contributed by atoms with Crippen LogP contribution in [0.2, 0.25) is 0 Å². The zero-order chi connectivity index (χ0) is 12.1. The molecular formula is C14H11O2Si. The van der Waals surface area contributed by atoms with Crippen LogP contribution in [-0.2, 0) is 4.74 Å². The molecule has 0 N–H and O–H groups in total. The number of ether oxygens (including phenoxy) is 2. The molecule has 0 saturated heterocycles. The molecule has 0 spiro atoms. The summed E-state index contributed by atoms with van der Waals surface area (Å²) in [7, 11) is 4.77. The van der Waals surface area contributed by atoms with E-state index in [2.05, 4.69) is 21.7 Å². The van der Waals surface area contributed by atoms with Gasteiger partial charge in [0.25, 0.3) is 0 Å². The van der Waals surface area contributed by atoms with E-state index in [1.165, 1.54) is 0 Å². The number of methoxy groups -OCH3 is 1. The molecule has 0 amide bonds. The molecule has 2 aromatic rings. The molecule has 0 saturated carbocycles. The predicted octanol–water partition coefficient (Wildman–Crippen LogP) is 2.30. The minimum absolute atomic E-state index is 0.235. The van der Waals surface area contributed by atoms with Crippen molar-refractivity contribution in [1.29, 1.82) is 0 Å². The lowest BCUT2D eigenvalue weighted by molar-refractivity contribution is 0.0512. The summed E-state index contributed by atoms with van der Waals surface area (Å²) >= 11 is 0. The minimum Gasteiger partial charge on any atom is -0.468 e. The third kappa shape index (κ3) is 2.67. The van der Waals surface area contributed by atoms with E-state index >= 15 is 0 Å². The van der Waals surface area contributed by atoms with Gasteiger partial charge in [0.15, 0.2) is 6.79 Å². The van der Waals surface area contributed by atoms with Gasteiger partial charge in [-0.05, 0) is 22.9 Å². The highest BCUT2D eigenvalue weighted by Gasteiger charge is 2.02. The molecule has 0 aliphatic carbocycles. The van der Waals surface area contributed by atoms with Crippen LogP contribution in [0.1, 0.15) is 5.56 Å². The van der Waals surface area contributed by atoms with E-state index < -0.39 is 0 Å². The molecular weight excluding hydrogens is 228 g/mol. The highest BCUT2D eigenvalue weighted by Crippen LogP contribution is 2.24. The molecule has 0 bridgehead atoms. The van der Waals surface area contributed by atoms with Crippen molar-refractivity contribution in [1.82, 2.24) is 0 Å². The summed E-state index contributed by atoms with van der Waals surface area (Å²) in [5, 5.41) is 2.22. The van der Waals surface area contributed by atoms with Crippen molar-refractivity contribution in [3.8, 4) is 17.2 Å². The second kappa shape index (κ2) is 5.53. The van der Waals surface area contributed by atoms with Gasteiger partial charge in [-0.1, -0.05) is 30.2 Å². The van der Waals surface area contributed by atoms with E-state index in [1.807, 2.05) is 36.4 Å². The molecule has 2 aromatic carbocycles. The third-order valence-corrected chi connectivity index (χ3v) is 2.50. The molecule has 2 nitrogen and oxygen atoms in total. The summed E-state index contributed by atoms with van der Waals surface area (Å²) in [6.07, 6.45) is 0. The molecule has 0 heterocycles. The van der Waals surface area contributed by atoms with Crippen molar-refractivity contribution in [2.45, 2.75) is 0 Å². The Morgan fingerprint density at radius 2 is 2.06 bits per heavy atom. The summed E-state index contributed by atoms with van der Waals surface area (Å²) in [4.78, 5) is 0. The Hall–Kier alpha value is -1.76. The Labute approximate surface area is 104 Å². The summed E-state index contributed by atoms with van der Waals surface area (Å²) in [5.74, 6) is 3.77. The minimum atomic E-state index is 0.235. The van der Waals surface area contributed by atoms with E-state index in [9.17, 15) is 0 Å². The zero-order valence-corrected chi connectivity index (χ0v) is 10.5. The number of rotatable bonds is 3. The number of hydrogen-bond donors (Lipinski definition) is 0. The monoisotopic (exact) mass is 239 g/mol. The van der Waals surface area contributed by atoms with Gasteiger partial charge in [0.05, 0.1) is 0 Å². The highest BCUT2D eigenvalue weighted by molar-refractivity contribution is 6.22. The second-order valence-electron chi connectivity index (χ2n) is 3.49. The standard InChI is InChI=1S/C14H11O2Si/c1-15-10-16-13-8-11-4-2-3-5-14(11)12(9-13)6-7-17/h2-5,8-9H,10H2,1H3. The molecule has 3 heteroatoms. The molecule has 2 rings (SSSR count). The molecule has 17 heavy (non-hydrogen) atoms. The van der Waals surface area contributed by atoms with Crippen LogP contribution in [0, 0.1) is 11.5 Å². The topological polar surface area (TPSA) is 18.5 Å². The van der Waals surface area contributed by atoms with Gasteiger partial charge in [-0.25, -0.2) is 0 Å². The molecule has 0 atom stereocenters. The van der Waals surface area contributed by atoms with Crippen LogP contribution in [0.15, 0.2) is 36.4 Å². The van der Waals surface area contributed by atoms with Crippen LogP contribution in [0.3, 0.4) is 0 Å². The van der Waals surface area contributed by atoms with Crippen LogP contribution < -0.4 is 4.74 Å². The Balaban J connectivity index is 2.53. The SMILES string of the molecule is COCOc1cc(C#C[Si])c2ccccc2c1. The molecule has 0 aromatic heterocycles. The first-order valence-electron chi connectivity index (χ1n) is 5.17. The lowest BCUT2D eigenvalue weighted by atomic mass is 10.0. The molecule has 0 unspecified atom stereocenters. The zero-order valence-electron chi connectivity index (χ0n) is 9.49. The summed E-state index contributed by atoms with van der Waals surface area (Å²) < 4.78 is 10.3. The quantitative estimate of drug-likeness (QED) is 0.465. The van der Waals surface area contributed by atoms with Crippen LogP contribution in [0.4, 0.5) is 0 Å². The third-order valence-electron chi connectivity index (χ3n) is 2.38. The Bertz CT molecular complexity index is 582. The van der Waals surface area contributed by atoms with Crippen molar-refractivity contribution in [2.24, 2.45) is 0 Å². The van der Waals surface area contributed by atoms with Crippen LogP contribution in [0.25, 0.3) is 10.8 Å². The van der Waals surface area contributed by atoms with Gasteiger partial charge in [0.2, 0.25) is 0 Å². The largest absolute Gasteiger partial charge is 0.468 e. The fourth-order valence-electron chi connectivity index (χ4n) is 1.66. The van der Waals surface area contributed by atoms with E-state index in [4.69, 9.17) is 9.47 Å². The van der Waals surface area contributed by atoms with Crippen LogP contribution in [-0.4, -0.2) is 24.1 Å². The second-order valence-corrected chi connectivity index (χ2v) is 3.74. The summed E-state index contributed by atoms with van der Waals surface area (Å²) in [5.41, 5.74) is 3.66. The van der Waals surface area contributed by atoms with Gasteiger partial charge in [-0.15, -0.1) is 5.54 Å². The molecule has 0 aliphatic heterocycles. The van der Waals surface area contributed by atoms with Crippen molar-refractivity contribution >= 4 is 21.0 Å². The van der Waals surface area contributed by atoms with Gasteiger partial charge in [-0.3, -0.25) is 0 Å². The predicted molar refractivity (Wildman–Crippen MR) is 69.1 cm³/mol. The van der Waals surface area contributed by atoms with Gasteiger partial charge < -0.3 is 9.47 Å². The van der Waals surface area contributed by atoms with E-state index in [1.54, 1.807) is 7.11 Å². The average Bonchev–Trinajstić information content (AvgIpc) is 2.37. The number of hydrogen-bond acceptors (Lipinski definition) is 2. The normalized spacial score (nSPS) is 9.76. The highest BCUT2D eigenvalue weighted by atomic mass is 28.1. The lowest BCUT2D eigenvalue weighted by Crippen LogP contribution is -1.99. The fraction of sp³-hybridized carbons (Fsp3) is 0.143. The van der Waals surface area contributed by atoms with Crippen molar-refractivity contribution < 1.29 is 9.47 Å². The molecule has 3 radical (unpaired) electrons. The Morgan fingerprint density at radius 1 is 1.24 bits per heavy atom. The van der Waals surface area contributed by atoms with E-state index in [0.717, 1.165) is 22.1 Å². The van der Waals surface area contributed by atoms with Gasteiger partial charge in [0, 0.05) is 12.7 Å². The first-order valence-corrected chi connectivity index (χ1v) is 5.67. The average molecular weight is 239 g/mol. The van der Waals surface area contributed by atoms with Gasteiger partial charge in [-0.2, -0.15) is 0 Å². The smallest absolute Gasteiger partial charge is 0.188 e. The lowest BCUT2D eigenvalue weighted by Gasteiger charge is -2.08. The van der Waals surface area contributed by atoms with E-state index in [0.29, 0.717) is 0 Å². The maximum atomic E-state index is 5.44. The molecule has 0 aliphatic rings. The molecule has 83 valence electrons. The van der Waals surface area contributed by atoms with Gasteiger partial charge in [0.1, 0.15) is 16.0 Å². The first kappa shape index (κ1) is 11.7. The Kier molecular flexibility index (Phi) is 3.81. The van der Waals surface area contributed by atoms with Gasteiger partial charge >= 0.3 is 0 Å². The fourth-order valence-corrected chi connectivity index (χ4v) is 1.80.